The molecule has 0 bridgehead atoms. The fraction of sp³-hybridized carbons (Fsp3) is 0.381. The largest absolute Gasteiger partial charge is 0.341 e. The first kappa shape index (κ1) is 21.1. The topological polar surface area (TPSA) is 46.3 Å². The van der Waals surface area contributed by atoms with Gasteiger partial charge in [-0.05, 0) is 48.4 Å². The molecule has 1 aliphatic carbocycles. The number of halogens is 3. The van der Waals surface area contributed by atoms with Crippen molar-refractivity contribution in [1.82, 2.24) is 4.90 Å². The van der Waals surface area contributed by atoms with E-state index in [0.29, 0.717) is 24.9 Å². The van der Waals surface area contributed by atoms with Gasteiger partial charge in [-0.25, -0.2) is 8.78 Å². The molecule has 0 aromatic heterocycles. The highest BCUT2D eigenvalue weighted by Crippen LogP contribution is 2.42. The zero-order valence-electron chi connectivity index (χ0n) is 15.3. The molecule has 1 saturated heterocycles. The number of benzene rings is 2. The lowest BCUT2D eigenvalue weighted by Crippen LogP contribution is -2.35. The fourth-order valence-corrected chi connectivity index (χ4v) is 5.39. The highest BCUT2D eigenvalue weighted by molar-refractivity contribution is 8.00. The molecule has 3 nitrogen and oxygen atoms in total. The van der Waals surface area contributed by atoms with Crippen molar-refractivity contribution in [2.24, 2.45) is 17.6 Å². The zero-order valence-corrected chi connectivity index (χ0v) is 16.9. The Balaban J connectivity index is 0.00000225. The summed E-state index contributed by atoms with van der Waals surface area (Å²) in [5.41, 5.74) is 6.98. The van der Waals surface area contributed by atoms with Crippen molar-refractivity contribution in [2.45, 2.75) is 29.0 Å². The van der Waals surface area contributed by atoms with Gasteiger partial charge in [0.1, 0.15) is 16.9 Å². The summed E-state index contributed by atoms with van der Waals surface area (Å²) in [5.74, 6) is -0.288. The van der Waals surface area contributed by atoms with E-state index < -0.39 is 16.9 Å². The number of rotatable bonds is 4. The standard InChI is InChI=1S/C21H22F2N2OS.ClH/c22-15-7-8-17(23)19(10-15)27-20(13-4-2-1-3-5-13)21(26)25-11-14-6-9-18(24)16(14)12-25;/h1-5,7-8,10,14,16,18,20H,6,9,11-12,24H2;1H. The maximum atomic E-state index is 14.2. The first-order valence-electron chi connectivity index (χ1n) is 9.24. The molecule has 4 atom stereocenters. The monoisotopic (exact) mass is 424 g/mol. The van der Waals surface area contributed by atoms with Crippen LogP contribution >= 0.6 is 24.2 Å². The molecule has 1 saturated carbocycles. The summed E-state index contributed by atoms with van der Waals surface area (Å²) in [4.78, 5) is 15.3. The quantitative estimate of drug-likeness (QED) is 0.739. The second-order valence-electron chi connectivity index (χ2n) is 7.39. The number of hydrogen-bond donors (Lipinski definition) is 1. The maximum absolute atomic E-state index is 14.2. The highest BCUT2D eigenvalue weighted by atomic mass is 35.5. The van der Waals surface area contributed by atoms with Crippen molar-refractivity contribution in [3.05, 3.63) is 65.7 Å². The smallest absolute Gasteiger partial charge is 0.240 e. The summed E-state index contributed by atoms with van der Waals surface area (Å²) in [6.45, 7) is 1.35. The van der Waals surface area contributed by atoms with Gasteiger partial charge in [0, 0.05) is 24.0 Å². The van der Waals surface area contributed by atoms with Crippen molar-refractivity contribution in [2.75, 3.05) is 13.1 Å². The van der Waals surface area contributed by atoms with E-state index in [2.05, 4.69) is 0 Å². The van der Waals surface area contributed by atoms with E-state index in [0.717, 1.165) is 48.4 Å². The summed E-state index contributed by atoms with van der Waals surface area (Å²) in [7, 11) is 0. The Morgan fingerprint density at radius 1 is 1.11 bits per heavy atom. The Hall–Kier alpha value is -1.63. The van der Waals surface area contributed by atoms with Crippen LogP contribution in [-0.4, -0.2) is 29.9 Å². The van der Waals surface area contributed by atoms with Gasteiger partial charge in [-0.1, -0.05) is 30.3 Å². The number of fused-ring (bicyclic) bond motifs is 1. The molecule has 1 amide bonds. The van der Waals surface area contributed by atoms with Crippen molar-refractivity contribution in [1.29, 1.82) is 0 Å². The van der Waals surface area contributed by atoms with Gasteiger partial charge in [-0.3, -0.25) is 4.79 Å². The summed E-state index contributed by atoms with van der Waals surface area (Å²) < 4.78 is 27.8. The number of nitrogens with two attached hydrogens (primary N) is 1. The molecular weight excluding hydrogens is 402 g/mol. The molecule has 28 heavy (non-hydrogen) atoms. The number of thioether (sulfide) groups is 1. The number of amides is 1. The first-order chi connectivity index (χ1) is 13.0. The van der Waals surface area contributed by atoms with Crippen LogP contribution in [0.5, 0.6) is 0 Å². The van der Waals surface area contributed by atoms with Gasteiger partial charge in [-0.15, -0.1) is 24.2 Å². The molecular formula is C21H23ClF2N2OS. The molecule has 4 rings (SSSR count). The molecule has 7 heteroatoms. The van der Waals surface area contributed by atoms with Crippen LogP contribution < -0.4 is 5.73 Å². The predicted molar refractivity (Wildman–Crippen MR) is 109 cm³/mol. The van der Waals surface area contributed by atoms with E-state index in [4.69, 9.17) is 5.73 Å². The lowest BCUT2D eigenvalue weighted by molar-refractivity contribution is -0.130. The van der Waals surface area contributed by atoms with Gasteiger partial charge in [0.25, 0.3) is 0 Å². The van der Waals surface area contributed by atoms with E-state index in [1.54, 1.807) is 0 Å². The van der Waals surface area contributed by atoms with Crippen LogP contribution in [0.25, 0.3) is 0 Å². The second kappa shape index (κ2) is 8.80. The molecule has 2 aromatic carbocycles. The Kier molecular flexibility index (Phi) is 6.63. The molecule has 2 fully saturated rings. The van der Waals surface area contributed by atoms with Gasteiger partial charge in [0.05, 0.1) is 0 Å². The van der Waals surface area contributed by atoms with Crippen LogP contribution in [0.15, 0.2) is 53.4 Å². The Morgan fingerprint density at radius 2 is 1.86 bits per heavy atom. The summed E-state index contributed by atoms with van der Waals surface area (Å²) in [6.07, 6.45) is 2.07. The van der Waals surface area contributed by atoms with Crippen molar-refractivity contribution in [3.63, 3.8) is 0 Å². The third-order valence-corrected chi connectivity index (χ3v) is 6.96. The summed E-state index contributed by atoms with van der Waals surface area (Å²) in [6, 6.07) is 12.8. The van der Waals surface area contributed by atoms with Gasteiger partial charge in [-0.2, -0.15) is 0 Å². The fourth-order valence-electron chi connectivity index (χ4n) is 4.24. The summed E-state index contributed by atoms with van der Waals surface area (Å²) in [5, 5.41) is -0.613. The lowest BCUT2D eigenvalue weighted by Gasteiger charge is -2.25. The molecule has 0 radical (unpaired) electrons. The van der Waals surface area contributed by atoms with Gasteiger partial charge >= 0.3 is 0 Å². The van der Waals surface area contributed by atoms with Crippen LogP contribution in [0.1, 0.15) is 23.7 Å². The molecule has 0 spiro atoms. The van der Waals surface area contributed by atoms with E-state index in [1.807, 2.05) is 35.2 Å². The Bertz CT molecular complexity index is 838. The number of carbonyl (C=O) groups is 1. The van der Waals surface area contributed by atoms with Gasteiger partial charge in [0.2, 0.25) is 5.91 Å². The number of hydrogen-bond acceptors (Lipinski definition) is 3. The molecule has 150 valence electrons. The van der Waals surface area contributed by atoms with Crippen LogP contribution in [0.4, 0.5) is 8.78 Å². The normalized spacial score (nSPS) is 24.5. The van der Waals surface area contributed by atoms with E-state index in [1.165, 1.54) is 0 Å². The van der Waals surface area contributed by atoms with Crippen molar-refractivity contribution in [3.8, 4) is 0 Å². The van der Waals surface area contributed by atoms with E-state index in [9.17, 15) is 13.6 Å². The molecule has 2 N–H and O–H groups in total. The first-order valence-corrected chi connectivity index (χ1v) is 10.1. The van der Waals surface area contributed by atoms with Gasteiger partial charge in [0.15, 0.2) is 0 Å². The van der Waals surface area contributed by atoms with Crippen LogP contribution in [0.3, 0.4) is 0 Å². The third kappa shape index (κ3) is 4.19. The van der Waals surface area contributed by atoms with Crippen LogP contribution in [-0.2, 0) is 4.79 Å². The highest BCUT2D eigenvalue weighted by Gasteiger charge is 2.44. The average molecular weight is 425 g/mol. The van der Waals surface area contributed by atoms with E-state index >= 15 is 0 Å². The molecule has 2 aliphatic rings. The van der Waals surface area contributed by atoms with Crippen LogP contribution in [0.2, 0.25) is 0 Å². The average Bonchev–Trinajstić information content (AvgIpc) is 3.25. The second-order valence-corrected chi connectivity index (χ2v) is 8.54. The van der Waals surface area contributed by atoms with Gasteiger partial charge < -0.3 is 10.6 Å². The lowest BCUT2D eigenvalue weighted by atomic mass is 9.98. The van der Waals surface area contributed by atoms with Crippen LogP contribution in [0, 0.1) is 23.5 Å². The zero-order chi connectivity index (χ0) is 19.0. The maximum Gasteiger partial charge on any atom is 0.240 e. The number of nitrogens with zero attached hydrogens (tertiary/aromatic N) is 1. The third-order valence-electron chi connectivity index (χ3n) is 5.69. The Labute approximate surface area is 174 Å². The minimum Gasteiger partial charge on any atom is -0.341 e. The molecule has 2 aromatic rings. The predicted octanol–water partition coefficient (Wildman–Crippen LogP) is 4.42. The molecule has 1 aliphatic heterocycles. The SMILES string of the molecule is Cl.NC1CCC2CN(C(=O)C(Sc3cc(F)ccc3F)c3ccccc3)CC12. The minimum atomic E-state index is -0.613. The van der Waals surface area contributed by atoms with Crippen molar-refractivity contribution >= 4 is 30.1 Å². The molecule has 4 unspecified atom stereocenters. The number of likely N-dealkylation sites (tertiary alicyclic amines) is 1. The Morgan fingerprint density at radius 3 is 2.57 bits per heavy atom. The van der Waals surface area contributed by atoms with Crippen molar-refractivity contribution < 1.29 is 13.6 Å². The minimum absolute atomic E-state index is 0. The van der Waals surface area contributed by atoms with E-state index in [-0.39, 0.29) is 29.3 Å². The summed E-state index contributed by atoms with van der Waals surface area (Å²) >= 11 is 1.07. The number of carbonyl (C=O) groups excluding carboxylic acids is 1. The molecule has 1 heterocycles.